The third-order valence-corrected chi connectivity index (χ3v) is 4.91. The van der Waals surface area contributed by atoms with E-state index in [1.54, 1.807) is 0 Å². The molecule has 0 saturated heterocycles. The average molecular weight is 422 g/mol. The van der Waals surface area contributed by atoms with E-state index < -0.39 is 0 Å². The number of nitrogen functional groups attached to an aromatic ring is 1. The number of hydrogen-bond donors (Lipinski definition) is 3. The standard InChI is InChI=1S/C19H31N7S2/c1-6-25(7-2)18(27)23-21-14(5)17(15-10-12-16(20)13-11-15)22-24-19(28)26(8-3)9-4/h10-13H,6-9,20H2,1-5H3,(H,23,27)(H,24,28). The van der Waals surface area contributed by atoms with Gasteiger partial charge in [0, 0.05) is 37.4 Å². The third-order valence-electron chi connectivity index (χ3n) is 4.21. The van der Waals surface area contributed by atoms with Crippen LogP contribution in [0, 0.1) is 0 Å². The normalized spacial score (nSPS) is 11.8. The summed E-state index contributed by atoms with van der Waals surface area (Å²) >= 11 is 10.8. The van der Waals surface area contributed by atoms with Crippen molar-refractivity contribution in [3.8, 4) is 0 Å². The second-order valence-corrected chi connectivity index (χ2v) is 6.73. The first kappa shape index (κ1) is 23.8. The lowest BCUT2D eigenvalue weighted by molar-refractivity contribution is 0.457. The fraction of sp³-hybridized carbons (Fsp3) is 0.474. The van der Waals surface area contributed by atoms with Crippen LogP contribution < -0.4 is 16.6 Å². The van der Waals surface area contributed by atoms with E-state index in [1.165, 1.54) is 0 Å². The lowest BCUT2D eigenvalue weighted by atomic mass is 10.1. The summed E-state index contributed by atoms with van der Waals surface area (Å²) in [6.45, 7) is 13.3. The first-order valence-electron chi connectivity index (χ1n) is 9.45. The predicted molar refractivity (Wildman–Crippen MR) is 128 cm³/mol. The van der Waals surface area contributed by atoms with Crippen LogP contribution in [0.2, 0.25) is 0 Å². The monoisotopic (exact) mass is 421 g/mol. The number of nitrogens with zero attached hydrogens (tertiary/aromatic N) is 4. The molecule has 7 nitrogen and oxygen atoms in total. The summed E-state index contributed by atoms with van der Waals surface area (Å²) in [5, 5.41) is 10.1. The fourth-order valence-corrected chi connectivity index (χ4v) is 3.05. The molecule has 4 N–H and O–H groups in total. The quantitative estimate of drug-likeness (QED) is 0.258. The molecule has 9 heteroatoms. The minimum absolute atomic E-state index is 0.567. The Bertz CT molecular complexity index is 705. The molecule has 0 amide bonds. The molecule has 0 fully saturated rings. The van der Waals surface area contributed by atoms with Crippen LogP contribution in [-0.4, -0.2) is 57.6 Å². The topological polar surface area (TPSA) is 81.3 Å². The van der Waals surface area contributed by atoms with Crippen LogP contribution in [0.15, 0.2) is 34.5 Å². The Balaban J connectivity index is 3.11. The summed E-state index contributed by atoms with van der Waals surface area (Å²) in [7, 11) is 0. The number of hydrogen-bond acceptors (Lipinski definition) is 5. The predicted octanol–water partition coefficient (Wildman–Crippen LogP) is 2.78. The Morgan fingerprint density at radius 2 is 1.29 bits per heavy atom. The molecule has 0 saturated carbocycles. The van der Waals surface area contributed by atoms with Crippen LogP contribution in [0.25, 0.3) is 0 Å². The zero-order chi connectivity index (χ0) is 21.1. The van der Waals surface area contributed by atoms with Crippen molar-refractivity contribution in [2.24, 2.45) is 10.2 Å². The van der Waals surface area contributed by atoms with Gasteiger partial charge in [-0.1, -0.05) is 12.1 Å². The minimum atomic E-state index is 0.567. The summed E-state index contributed by atoms with van der Waals surface area (Å²) < 4.78 is 0. The molecule has 0 radical (unpaired) electrons. The first-order valence-corrected chi connectivity index (χ1v) is 10.3. The summed E-state index contributed by atoms with van der Waals surface area (Å²) in [5.41, 5.74) is 14.6. The SMILES string of the molecule is CCN(CC)C(=S)NN=C(C)C(=NNC(=S)N(CC)CC)c1ccc(N)cc1. The Morgan fingerprint density at radius 1 is 0.857 bits per heavy atom. The highest BCUT2D eigenvalue weighted by Crippen LogP contribution is 2.08. The largest absolute Gasteiger partial charge is 0.399 e. The molecule has 154 valence electrons. The number of hydrazone groups is 2. The lowest BCUT2D eigenvalue weighted by Gasteiger charge is -2.21. The van der Waals surface area contributed by atoms with Crippen molar-refractivity contribution in [1.82, 2.24) is 20.7 Å². The van der Waals surface area contributed by atoms with E-state index in [9.17, 15) is 0 Å². The van der Waals surface area contributed by atoms with Gasteiger partial charge < -0.3 is 15.5 Å². The number of anilines is 1. The smallest absolute Gasteiger partial charge is 0.189 e. The molecule has 0 aromatic heterocycles. The molecular formula is C19H31N7S2. The minimum Gasteiger partial charge on any atom is -0.399 e. The maximum Gasteiger partial charge on any atom is 0.189 e. The highest BCUT2D eigenvalue weighted by molar-refractivity contribution is 7.80. The zero-order valence-corrected chi connectivity index (χ0v) is 19.0. The van der Waals surface area contributed by atoms with Crippen molar-refractivity contribution in [2.45, 2.75) is 34.6 Å². The number of nitrogens with one attached hydrogen (secondary N) is 2. The van der Waals surface area contributed by atoms with Crippen LogP contribution in [0.5, 0.6) is 0 Å². The second kappa shape index (κ2) is 12.2. The van der Waals surface area contributed by atoms with Crippen molar-refractivity contribution in [1.29, 1.82) is 0 Å². The van der Waals surface area contributed by atoms with Crippen LogP contribution in [0.4, 0.5) is 5.69 Å². The van der Waals surface area contributed by atoms with E-state index in [-0.39, 0.29) is 0 Å². The molecule has 1 aromatic rings. The highest BCUT2D eigenvalue weighted by Gasteiger charge is 2.11. The summed E-state index contributed by atoms with van der Waals surface area (Å²) in [5.74, 6) is 0. The van der Waals surface area contributed by atoms with Gasteiger partial charge in [0.1, 0.15) is 5.71 Å². The molecule has 0 spiro atoms. The number of thiocarbonyl (C=S) groups is 2. The Kier molecular flexibility index (Phi) is 10.4. The maximum atomic E-state index is 5.82. The van der Waals surface area contributed by atoms with Crippen LogP contribution >= 0.6 is 24.4 Å². The van der Waals surface area contributed by atoms with E-state index in [0.29, 0.717) is 27.3 Å². The van der Waals surface area contributed by atoms with Gasteiger partial charge in [0.15, 0.2) is 10.2 Å². The molecule has 0 aliphatic heterocycles. The van der Waals surface area contributed by atoms with E-state index in [2.05, 4.69) is 21.1 Å². The van der Waals surface area contributed by atoms with Gasteiger partial charge in [-0.05, 0) is 71.2 Å². The summed E-state index contributed by atoms with van der Waals surface area (Å²) in [4.78, 5) is 4.03. The zero-order valence-electron chi connectivity index (χ0n) is 17.3. The third kappa shape index (κ3) is 7.05. The van der Waals surface area contributed by atoms with E-state index in [4.69, 9.17) is 30.2 Å². The van der Waals surface area contributed by atoms with Crippen LogP contribution in [0.1, 0.15) is 40.2 Å². The average Bonchev–Trinajstić information content (AvgIpc) is 2.69. The van der Waals surface area contributed by atoms with Gasteiger partial charge in [-0.25, -0.2) is 0 Å². The molecule has 0 aliphatic rings. The van der Waals surface area contributed by atoms with Gasteiger partial charge in [0.25, 0.3) is 0 Å². The number of benzene rings is 1. The van der Waals surface area contributed by atoms with Crippen molar-refractivity contribution in [3.05, 3.63) is 29.8 Å². The van der Waals surface area contributed by atoms with Gasteiger partial charge >= 0.3 is 0 Å². The van der Waals surface area contributed by atoms with Gasteiger partial charge in [0.05, 0.1) is 5.71 Å². The second-order valence-electron chi connectivity index (χ2n) is 5.96. The van der Waals surface area contributed by atoms with Crippen molar-refractivity contribution < 1.29 is 0 Å². The van der Waals surface area contributed by atoms with Gasteiger partial charge in [-0.15, -0.1) is 0 Å². The highest BCUT2D eigenvalue weighted by atomic mass is 32.1. The molecule has 28 heavy (non-hydrogen) atoms. The molecule has 0 bridgehead atoms. The molecule has 1 rings (SSSR count). The Morgan fingerprint density at radius 3 is 1.71 bits per heavy atom. The Labute approximate surface area is 179 Å². The molecular weight excluding hydrogens is 390 g/mol. The van der Waals surface area contributed by atoms with Gasteiger partial charge in [0.2, 0.25) is 0 Å². The van der Waals surface area contributed by atoms with Crippen LogP contribution in [-0.2, 0) is 0 Å². The molecule has 0 aliphatic carbocycles. The van der Waals surface area contributed by atoms with Gasteiger partial charge in [-0.2, -0.15) is 10.2 Å². The molecule has 0 unspecified atom stereocenters. The summed E-state index contributed by atoms with van der Waals surface area (Å²) in [6.07, 6.45) is 0. The van der Waals surface area contributed by atoms with E-state index in [0.717, 1.165) is 31.7 Å². The molecule has 0 heterocycles. The Hall–Kier alpha value is -2.26. The number of rotatable bonds is 8. The first-order chi connectivity index (χ1) is 13.4. The summed E-state index contributed by atoms with van der Waals surface area (Å²) in [6, 6.07) is 7.46. The van der Waals surface area contributed by atoms with Crippen molar-refractivity contribution >= 4 is 51.8 Å². The van der Waals surface area contributed by atoms with Crippen molar-refractivity contribution in [2.75, 3.05) is 31.9 Å². The fourth-order valence-electron chi connectivity index (χ4n) is 2.45. The van der Waals surface area contributed by atoms with Crippen molar-refractivity contribution in [3.63, 3.8) is 0 Å². The van der Waals surface area contributed by atoms with E-state index >= 15 is 0 Å². The number of nitrogens with two attached hydrogens (primary N) is 1. The lowest BCUT2D eigenvalue weighted by Crippen LogP contribution is -2.39. The maximum absolute atomic E-state index is 5.82. The molecule has 1 aromatic carbocycles. The van der Waals surface area contributed by atoms with Gasteiger partial charge in [-0.3, -0.25) is 10.9 Å². The van der Waals surface area contributed by atoms with Crippen LogP contribution in [0.3, 0.4) is 0 Å². The van der Waals surface area contributed by atoms with E-state index in [1.807, 2.05) is 68.7 Å². The molecule has 0 atom stereocenters.